The van der Waals surface area contributed by atoms with E-state index in [1.54, 1.807) is 37.1 Å². The molecule has 5 rings (SSSR count). The summed E-state index contributed by atoms with van der Waals surface area (Å²) in [5.74, 6) is 4.20. The molecular weight excluding hydrogens is 600 g/mol. The van der Waals surface area contributed by atoms with Gasteiger partial charge in [-0.2, -0.15) is 15.3 Å². The predicted octanol–water partition coefficient (Wildman–Crippen LogP) is 6.92. The molecule has 264 valence electrons. The van der Waals surface area contributed by atoms with Gasteiger partial charge in [0.2, 0.25) is 0 Å². The molecule has 5 aromatic heterocycles. The second-order valence-electron chi connectivity index (χ2n) is 11.8. The highest BCUT2D eigenvalue weighted by molar-refractivity contribution is 4.80. The average Bonchev–Trinajstić information content (AvgIpc) is 3.78. The number of nitrogens with zero attached hydrogens (tertiary/aromatic N) is 14. The molecule has 47 heavy (non-hydrogen) atoms. The molecule has 0 spiro atoms. The van der Waals surface area contributed by atoms with E-state index in [1.165, 1.54) is 18.9 Å². The van der Waals surface area contributed by atoms with Crippen LogP contribution in [0.5, 0.6) is 0 Å². The van der Waals surface area contributed by atoms with Gasteiger partial charge in [-0.05, 0) is 57.5 Å². The fourth-order valence-corrected chi connectivity index (χ4v) is 1.13. The topological polar surface area (TPSA) is 207 Å². The molecule has 0 bridgehead atoms. The van der Waals surface area contributed by atoms with Crippen molar-refractivity contribution < 1.29 is 9.15 Å². The lowest BCUT2D eigenvalue weighted by Crippen LogP contribution is -1.85. The molecule has 0 aromatic carbocycles. The van der Waals surface area contributed by atoms with Crippen molar-refractivity contribution in [3.05, 3.63) is 73.9 Å². The van der Waals surface area contributed by atoms with Crippen LogP contribution in [0.1, 0.15) is 109 Å². The van der Waals surface area contributed by atoms with Crippen molar-refractivity contribution in [2.45, 2.75) is 103 Å². The molecule has 0 unspecified atom stereocenters. The lowest BCUT2D eigenvalue weighted by atomic mass is 10.2. The van der Waals surface area contributed by atoms with Gasteiger partial charge < -0.3 is 4.52 Å². The summed E-state index contributed by atoms with van der Waals surface area (Å²) >= 11 is 0. The first-order valence-electron chi connectivity index (χ1n) is 15.3. The van der Waals surface area contributed by atoms with Crippen LogP contribution in [-0.2, 0) is 0 Å². The Balaban J connectivity index is -0.000000224. The van der Waals surface area contributed by atoms with E-state index in [-0.39, 0.29) is 5.92 Å². The molecule has 0 aliphatic carbocycles. The number of hydrogen-bond acceptors (Lipinski definition) is 16. The predicted molar refractivity (Wildman–Crippen MR) is 182 cm³/mol. The second kappa shape index (κ2) is 41.2. The normalized spacial score (nSPS) is 8.74. The highest BCUT2D eigenvalue weighted by Crippen LogP contribution is 2.06. The van der Waals surface area contributed by atoms with Crippen LogP contribution in [0.4, 0.5) is 0 Å². The van der Waals surface area contributed by atoms with Crippen molar-refractivity contribution in [3.8, 4) is 0 Å². The van der Waals surface area contributed by atoms with Crippen LogP contribution in [0.3, 0.4) is 0 Å². The van der Waals surface area contributed by atoms with Crippen LogP contribution in [0.15, 0.2) is 77.2 Å². The lowest BCUT2D eigenvalue weighted by Gasteiger charge is -1.89. The maximum Gasteiger partial charge on any atom is 0.250 e. The SMILES string of the molecule is CC(C)C.CC(C)C.CC(C)C.CC(C)C.CC(C)c1nnno1.c1ccnnc1.c1cnncn1.c1cnnnc1.c1nnon1. The Labute approximate surface area is 281 Å². The van der Waals surface area contributed by atoms with Gasteiger partial charge in [0.05, 0.1) is 29.1 Å². The molecule has 5 aromatic rings. The summed E-state index contributed by atoms with van der Waals surface area (Å²) in [6.45, 7) is 29.9. The smallest absolute Gasteiger partial charge is 0.250 e. The molecule has 0 saturated carbocycles. The third-order valence-corrected chi connectivity index (χ3v) is 2.33. The Morgan fingerprint density at radius 3 is 1.04 bits per heavy atom. The fourth-order valence-electron chi connectivity index (χ4n) is 1.13. The maximum absolute atomic E-state index is 4.62. The molecule has 0 amide bonds. The van der Waals surface area contributed by atoms with Crippen molar-refractivity contribution in [1.82, 2.24) is 71.9 Å². The van der Waals surface area contributed by atoms with Crippen molar-refractivity contribution in [2.75, 3.05) is 0 Å². The van der Waals surface area contributed by atoms with Gasteiger partial charge in [-0.15, -0.1) is 15.3 Å². The highest BCUT2D eigenvalue weighted by atomic mass is 16.6. The highest BCUT2D eigenvalue weighted by Gasteiger charge is 2.03. The van der Waals surface area contributed by atoms with Crippen molar-refractivity contribution >= 4 is 0 Å². The van der Waals surface area contributed by atoms with E-state index < -0.39 is 0 Å². The number of aromatic nitrogens is 14. The standard InChI is InChI=1S/C4H7N3O.C4H4N2.4C4H10.2C3H3N3.CHN3O/c1-3(2)4-5-6-7-8-4;1-2-4-6-5-3-1;4*1-4(2)3;1-2-5-6-3-4-1;1-2-4-6-5-3-1;1-2-4-5-3-1/h3H,1-2H3;1-4H;4*4H,1-3H3;2*1-3H;1H. The second-order valence-corrected chi connectivity index (χ2v) is 11.8. The van der Waals surface area contributed by atoms with Crippen LogP contribution in [0, 0.1) is 23.7 Å². The molecule has 0 aliphatic heterocycles. The molecule has 16 heteroatoms. The Morgan fingerprint density at radius 1 is 0.447 bits per heavy atom. The van der Waals surface area contributed by atoms with Crippen LogP contribution in [0.2, 0.25) is 0 Å². The Hall–Kier alpha value is -4.76. The first kappa shape index (κ1) is 49.1. The van der Waals surface area contributed by atoms with Gasteiger partial charge in [-0.1, -0.05) is 107 Å². The first-order valence-corrected chi connectivity index (χ1v) is 15.3. The minimum atomic E-state index is 0.282. The number of hydrogen-bond donors (Lipinski definition) is 0. The zero-order valence-corrected chi connectivity index (χ0v) is 30.8. The summed E-state index contributed by atoms with van der Waals surface area (Å²) in [6.07, 6.45) is 12.1. The molecule has 16 nitrogen and oxygen atoms in total. The molecule has 0 radical (unpaired) electrons. The summed E-state index contributed by atoms with van der Waals surface area (Å²) in [6, 6.07) is 5.37. The van der Waals surface area contributed by atoms with Crippen LogP contribution >= 0.6 is 0 Å². The molecular formula is C31H58N14O2. The molecule has 0 N–H and O–H groups in total. The lowest BCUT2D eigenvalue weighted by molar-refractivity contribution is 0.292. The fraction of sp³-hybridized carbons (Fsp3) is 0.613. The molecule has 0 atom stereocenters. The van der Waals surface area contributed by atoms with Gasteiger partial charge in [-0.25, -0.2) is 9.61 Å². The van der Waals surface area contributed by atoms with Crippen molar-refractivity contribution in [1.29, 1.82) is 0 Å². The van der Waals surface area contributed by atoms with Gasteiger partial charge >= 0.3 is 0 Å². The minimum absolute atomic E-state index is 0.282. The molecule has 5 heterocycles. The van der Waals surface area contributed by atoms with Gasteiger partial charge in [-0.3, -0.25) is 0 Å². The molecule has 0 saturated heterocycles. The summed E-state index contributed by atoms with van der Waals surface area (Å²) in [7, 11) is 0. The third-order valence-electron chi connectivity index (χ3n) is 2.33. The van der Waals surface area contributed by atoms with E-state index in [2.05, 4.69) is 164 Å². The quantitative estimate of drug-likeness (QED) is 0.179. The van der Waals surface area contributed by atoms with E-state index in [0.29, 0.717) is 5.89 Å². The van der Waals surface area contributed by atoms with Gasteiger partial charge in [0.15, 0.2) is 6.33 Å². The summed E-state index contributed by atoms with van der Waals surface area (Å²) in [5.41, 5.74) is 0. The van der Waals surface area contributed by atoms with Gasteiger partial charge in [0, 0.05) is 24.5 Å². The van der Waals surface area contributed by atoms with Crippen LogP contribution in [-0.4, -0.2) is 71.9 Å². The Bertz CT molecular complexity index is 898. The zero-order chi connectivity index (χ0) is 36.6. The van der Waals surface area contributed by atoms with E-state index in [9.17, 15) is 0 Å². The molecule has 0 aliphatic rings. The Morgan fingerprint density at radius 2 is 0.915 bits per heavy atom. The zero-order valence-electron chi connectivity index (χ0n) is 30.8. The largest absolute Gasteiger partial charge is 0.320 e. The van der Waals surface area contributed by atoms with Crippen LogP contribution < -0.4 is 0 Å². The van der Waals surface area contributed by atoms with E-state index in [0.717, 1.165) is 23.7 Å². The van der Waals surface area contributed by atoms with Gasteiger partial charge in [0.1, 0.15) is 6.33 Å². The van der Waals surface area contributed by atoms with E-state index in [4.69, 9.17) is 0 Å². The summed E-state index contributed by atoms with van der Waals surface area (Å²) < 4.78 is 8.59. The van der Waals surface area contributed by atoms with Crippen molar-refractivity contribution in [3.63, 3.8) is 0 Å². The average molecular weight is 659 g/mol. The summed E-state index contributed by atoms with van der Waals surface area (Å²) in [5, 5.41) is 43.5. The summed E-state index contributed by atoms with van der Waals surface area (Å²) in [4.78, 5) is 3.61. The van der Waals surface area contributed by atoms with Crippen molar-refractivity contribution in [2.24, 2.45) is 23.7 Å². The molecule has 0 fully saturated rings. The van der Waals surface area contributed by atoms with Gasteiger partial charge in [0.25, 0.3) is 5.89 Å². The van der Waals surface area contributed by atoms with E-state index >= 15 is 0 Å². The third kappa shape index (κ3) is 74.3. The van der Waals surface area contributed by atoms with E-state index in [1.807, 2.05) is 26.0 Å². The maximum atomic E-state index is 4.62. The van der Waals surface area contributed by atoms with Crippen LogP contribution in [0.25, 0.3) is 0 Å². The Kier molecular flexibility index (Phi) is 43.1. The minimum Gasteiger partial charge on any atom is -0.320 e. The first-order chi connectivity index (χ1) is 22.2. The number of rotatable bonds is 1. The monoisotopic (exact) mass is 658 g/mol.